The van der Waals surface area contributed by atoms with Crippen molar-refractivity contribution in [3.05, 3.63) is 23.8 Å². The standard InChI is InChI=1S/C29H45NO11/c1-18(2)11-13-36-26(33)39-23-10-9-21(16-24(23)40-27(34)37-14-12-19(3)4)15-22(25(31)32)30-17-20(5)38-28(35)41-29(6,7)8/h9-10,16,18-20,22,30H,11-15,17H2,1-8H3,(H,31,32)/t20?,22-/m0/s1. The van der Waals surface area contributed by atoms with Crippen LogP contribution >= 0.6 is 0 Å². The third-order valence-electron chi connectivity index (χ3n) is 5.30. The zero-order valence-corrected chi connectivity index (χ0v) is 25.3. The molecule has 2 atom stereocenters. The van der Waals surface area contributed by atoms with E-state index in [1.54, 1.807) is 27.7 Å². The number of rotatable bonds is 15. The van der Waals surface area contributed by atoms with Crippen molar-refractivity contribution in [2.45, 2.75) is 92.4 Å². The molecule has 0 aliphatic heterocycles. The van der Waals surface area contributed by atoms with Crippen molar-refractivity contribution in [2.75, 3.05) is 19.8 Å². The van der Waals surface area contributed by atoms with E-state index >= 15 is 0 Å². The van der Waals surface area contributed by atoms with Crippen LogP contribution in [-0.2, 0) is 30.2 Å². The Morgan fingerprint density at radius 2 is 1.37 bits per heavy atom. The van der Waals surface area contributed by atoms with E-state index in [4.69, 9.17) is 28.4 Å². The lowest BCUT2D eigenvalue weighted by atomic mass is 10.0. The maximum Gasteiger partial charge on any atom is 0.513 e. The smallest absolute Gasteiger partial charge is 0.480 e. The minimum absolute atomic E-state index is 0.0329. The van der Waals surface area contributed by atoms with Gasteiger partial charge in [-0.3, -0.25) is 4.79 Å². The number of carbonyl (C=O) groups excluding carboxylic acids is 3. The monoisotopic (exact) mass is 583 g/mol. The predicted molar refractivity (Wildman–Crippen MR) is 149 cm³/mol. The van der Waals surface area contributed by atoms with Crippen LogP contribution in [0.5, 0.6) is 11.5 Å². The molecule has 0 saturated heterocycles. The summed E-state index contributed by atoms with van der Waals surface area (Å²) in [4.78, 5) is 48.3. The van der Waals surface area contributed by atoms with Crippen molar-refractivity contribution in [1.82, 2.24) is 5.32 Å². The molecule has 0 bridgehead atoms. The number of carbonyl (C=O) groups is 4. The van der Waals surface area contributed by atoms with E-state index < -0.39 is 42.2 Å². The summed E-state index contributed by atoms with van der Waals surface area (Å²) in [6.45, 7) is 15.0. The molecule has 0 fully saturated rings. The minimum atomic E-state index is -1.15. The Morgan fingerprint density at radius 3 is 1.85 bits per heavy atom. The molecular formula is C29H45NO11. The zero-order valence-electron chi connectivity index (χ0n) is 25.3. The first-order chi connectivity index (χ1) is 19.1. The molecule has 1 unspecified atom stereocenters. The van der Waals surface area contributed by atoms with Crippen LogP contribution in [0.3, 0.4) is 0 Å². The van der Waals surface area contributed by atoms with Crippen molar-refractivity contribution >= 4 is 24.4 Å². The van der Waals surface area contributed by atoms with Crippen LogP contribution in [0.15, 0.2) is 18.2 Å². The second kappa shape index (κ2) is 17.3. The van der Waals surface area contributed by atoms with E-state index in [9.17, 15) is 24.3 Å². The largest absolute Gasteiger partial charge is 0.513 e. The van der Waals surface area contributed by atoms with Crippen molar-refractivity contribution in [3.8, 4) is 11.5 Å². The number of aliphatic carboxylic acids is 1. The van der Waals surface area contributed by atoms with Crippen LogP contribution in [0.2, 0.25) is 0 Å². The fourth-order valence-corrected chi connectivity index (χ4v) is 3.11. The first-order valence-electron chi connectivity index (χ1n) is 13.7. The Labute approximate surface area is 241 Å². The Bertz CT molecular complexity index is 1000. The van der Waals surface area contributed by atoms with Crippen LogP contribution in [0.1, 0.15) is 73.8 Å². The van der Waals surface area contributed by atoms with Gasteiger partial charge in [-0.1, -0.05) is 33.8 Å². The second-order valence-electron chi connectivity index (χ2n) is 11.4. The number of carboxylic acid groups (broad SMARTS) is 1. The second-order valence-corrected chi connectivity index (χ2v) is 11.4. The van der Waals surface area contributed by atoms with Gasteiger partial charge in [0, 0.05) is 6.54 Å². The summed E-state index contributed by atoms with van der Waals surface area (Å²) in [5, 5.41) is 12.6. The molecule has 232 valence electrons. The molecule has 12 nitrogen and oxygen atoms in total. The van der Waals surface area contributed by atoms with E-state index in [1.165, 1.54) is 18.2 Å². The van der Waals surface area contributed by atoms with E-state index in [0.29, 0.717) is 30.2 Å². The molecule has 0 spiro atoms. The molecule has 0 aliphatic rings. The fourth-order valence-electron chi connectivity index (χ4n) is 3.11. The Morgan fingerprint density at radius 1 is 0.829 bits per heavy atom. The van der Waals surface area contributed by atoms with Crippen molar-refractivity contribution in [2.24, 2.45) is 11.8 Å². The van der Waals surface area contributed by atoms with E-state index in [1.807, 2.05) is 27.7 Å². The number of benzene rings is 1. The van der Waals surface area contributed by atoms with E-state index in [-0.39, 0.29) is 37.7 Å². The van der Waals surface area contributed by atoms with Gasteiger partial charge in [0.1, 0.15) is 17.7 Å². The van der Waals surface area contributed by atoms with E-state index in [0.717, 1.165) is 0 Å². The van der Waals surface area contributed by atoms with Gasteiger partial charge in [-0.15, -0.1) is 0 Å². The lowest BCUT2D eigenvalue weighted by Crippen LogP contribution is -2.43. The molecule has 0 aromatic heterocycles. The van der Waals surface area contributed by atoms with Crippen molar-refractivity contribution < 1.29 is 52.7 Å². The van der Waals surface area contributed by atoms with Gasteiger partial charge in [0.2, 0.25) is 0 Å². The molecule has 12 heteroatoms. The van der Waals surface area contributed by atoms with Gasteiger partial charge in [-0.05, 0) is 76.5 Å². The molecule has 0 heterocycles. The molecule has 0 radical (unpaired) electrons. The van der Waals surface area contributed by atoms with Gasteiger partial charge in [0.15, 0.2) is 11.5 Å². The summed E-state index contributed by atoms with van der Waals surface area (Å²) in [5.41, 5.74) is -0.272. The van der Waals surface area contributed by atoms with Crippen LogP contribution in [0.4, 0.5) is 14.4 Å². The van der Waals surface area contributed by atoms with Gasteiger partial charge < -0.3 is 38.8 Å². The predicted octanol–water partition coefficient (Wildman–Crippen LogP) is 5.74. The van der Waals surface area contributed by atoms with Gasteiger partial charge >= 0.3 is 24.4 Å². The summed E-state index contributed by atoms with van der Waals surface area (Å²) in [5.74, 6) is -0.751. The first-order valence-corrected chi connectivity index (χ1v) is 13.7. The highest BCUT2D eigenvalue weighted by molar-refractivity contribution is 5.74. The topological polar surface area (TPSA) is 156 Å². The number of carboxylic acids is 1. The zero-order chi connectivity index (χ0) is 31.2. The summed E-state index contributed by atoms with van der Waals surface area (Å²) in [7, 11) is 0. The van der Waals surface area contributed by atoms with Crippen LogP contribution in [0, 0.1) is 11.8 Å². The van der Waals surface area contributed by atoms with Gasteiger partial charge in [0.05, 0.1) is 13.2 Å². The number of ether oxygens (including phenoxy) is 6. The minimum Gasteiger partial charge on any atom is -0.480 e. The third kappa shape index (κ3) is 16.3. The lowest BCUT2D eigenvalue weighted by Gasteiger charge is -2.22. The molecule has 1 aromatic rings. The average Bonchev–Trinajstić information content (AvgIpc) is 2.81. The highest BCUT2D eigenvalue weighted by atomic mass is 16.7. The summed E-state index contributed by atoms with van der Waals surface area (Å²) in [6, 6.07) is 3.21. The van der Waals surface area contributed by atoms with Crippen LogP contribution < -0.4 is 14.8 Å². The quantitative estimate of drug-likeness (QED) is 0.147. The average molecular weight is 584 g/mol. The van der Waals surface area contributed by atoms with Crippen LogP contribution in [0.25, 0.3) is 0 Å². The summed E-state index contributed by atoms with van der Waals surface area (Å²) in [6.07, 6.45) is -2.27. The summed E-state index contributed by atoms with van der Waals surface area (Å²) < 4.78 is 31.0. The lowest BCUT2D eigenvalue weighted by molar-refractivity contribution is -0.139. The molecule has 1 aromatic carbocycles. The fraction of sp³-hybridized carbons (Fsp3) is 0.655. The number of hydrogen-bond acceptors (Lipinski definition) is 11. The molecule has 0 saturated carbocycles. The molecule has 41 heavy (non-hydrogen) atoms. The normalized spacial score (nSPS) is 12.8. The summed E-state index contributed by atoms with van der Waals surface area (Å²) >= 11 is 0. The van der Waals surface area contributed by atoms with Gasteiger partial charge in [0.25, 0.3) is 0 Å². The molecule has 0 aliphatic carbocycles. The first kappa shape index (κ1) is 35.5. The maximum atomic E-state index is 12.3. The van der Waals surface area contributed by atoms with E-state index in [2.05, 4.69) is 5.32 Å². The molecule has 0 amide bonds. The van der Waals surface area contributed by atoms with Crippen molar-refractivity contribution in [1.29, 1.82) is 0 Å². The number of hydrogen-bond donors (Lipinski definition) is 2. The molecule has 1 rings (SSSR count). The highest BCUT2D eigenvalue weighted by Crippen LogP contribution is 2.30. The van der Waals surface area contributed by atoms with Gasteiger partial charge in [-0.25, -0.2) is 14.4 Å². The van der Waals surface area contributed by atoms with Crippen molar-refractivity contribution in [3.63, 3.8) is 0 Å². The Balaban J connectivity index is 2.97. The highest BCUT2D eigenvalue weighted by Gasteiger charge is 2.24. The maximum absolute atomic E-state index is 12.3. The Kier molecular flexibility index (Phi) is 15.0. The SMILES string of the molecule is CC(C)CCOC(=O)Oc1ccc(C[C@H](NCC(C)OC(=O)OC(C)(C)C)C(=O)O)cc1OC(=O)OCCC(C)C. The number of nitrogens with one attached hydrogen (secondary N) is 1. The molecule has 2 N–H and O–H groups in total. The molecular weight excluding hydrogens is 538 g/mol. The van der Waals surface area contributed by atoms with Crippen LogP contribution in [-0.4, -0.2) is 67.0 Å². The third-order valence-corrected chi connectivity index (χ3v) is 5.30. The van der Waals surface area contributed by atoms with Gasteiger partial charge in [-0.2, -0.15) is 0 Å². The Hall–Kier alpha value is -3.54.